The molecule has 0 saturated heterocycles. The third-order valence-electron chi connectivity index (χ3n) is 5.83. The number of benzene rings is 2. The monoisotopic (exact) mass is 439 g/mol. The standard InChI is InChI=1S/C24H23Cl2N3O/c25-19-9-8-18-17-10-13-27-11-3-6-20(17)29(24(18)22(19)26)14-15-30-21-7-1-4-16-5-2-12-28-23(16)21/h1-2,4-5,7-9,12,27H,3,6,10-11,13-15H2. The Kier molecular flexibility index (Phi) is 5.55. The second-order valence-corrected chi connectivity index (χ2v) is 8.40. The molecule has 0 radical (unpaired) electrons. The van der Waals surface area contributed by atoms with E-state index in [0.29, 0.717) is 23.2 Å². The Bertz CT molecular complexity index is 1210. The summed E-state index contributed by atoms with van der Waals surface area (Å²) in [6.45, 7) is 3.26. The zero-order valence-electron chi connectivity index (χ0n) is 16.6. The van der Waals surface area contributed by atoms with Gasteiger partial charge in [-0.05, 0) is 56.1 Å². The number of halogens is 2. The lowest BCUT2D eigenvalue weighted by Gasteiger charge is -2.16. The van der Waals surface area contributed by atoms with Gasteiger partial charge in [-0.1, -0.05) is 47.5 Å². The summed E-state index contributed by atoms with van der Waals surface area (Å²) in [6, 6.07) is 14.0. The molecule has 0 saturated carbocycles. The lowest BCUT2D eigenvalue weighted by molar-refractivity contribution is 0.301. The van der Waals surface area contributed by atoms with Crippen molar-refractivity contribution >= 4 is 45.0 Å². The van der Waals surface area contributed by atoms with Gasteiger partial charge in [-0.25, -0.2) is 0 Å². The van der Waals surface area contributed by atoms with Crippen LogP contribution in [0.1, 0.15) is 17.7 Å². The number of ether oxygens (including phenoxy) is 1. The molecule has 3 heterocycles. The molecular formula is C24H23Cl2N3O. The summed E-state index contributed by atoms with van der Waals surface area (Å²) in [5, 5.41) is 7.01. The average Bonchev–Trinajstić information content (AvgIpc) is 3.03. The Morgan fingerprint density at radius 3 is 2.87 bits per heavy atom. The molecule has 1 aliphatic heterocycles. The fourth-order valence-electron chi connectivity index (χ4n) is 4.47. The highest BCUT2D eigenvalue weighted by Crippen LogP contribution is 2.37. The summed E-state index contributed by atoms with van der Waals surface area (Å²) in [5.41, 5.74) is 4.65. The van der Waals surface area contributed by atoms with Crippen LogP contribution in [0.3, 0.4) is 0 Å². The summed E-state index contributed by atoms with van der Waals surface area (Å²) < 4.78 is 8.51. The van der Waals surface area contributed by atoms with Gasteiger partial charge >= 0.3 is 0 Å². The van der Waals surface area contributed by atoms with Crippen molar-refractivity contribution in [3.05, 3.63) is 70.0 Å². The summed E-state index contributed by atoms with van der Waals surface area (Å²) in [6.07, 6.45) is 4.90. The first-order chi connectivity index (χ1) is 14.7. The molecule has 0 bridgehead atoms. The van der Waals surface area contributed by atoms with Crippen molar-refractivity contribution in [2.75, 3.05) is 19.7 Å². The van der Waals surface area contributed by atoms with E-state index in [1.54, 1.807) is 6.20 Å². The maximum absolute atomic E-state index is 6.69. The van der Waals surface area contributed by atoms with Crippen molar-refractivity contribution < 1.29 is 4.74 Å². The number of hydrogen-bond acceptors (Lipinski definition) is 3. The molecule has 0 fully saturated rings. The first-order valence-electron chi connectivity index (χ1n) is 10.4. The third-order valence-corrected chi connectivity index (χ3v) is 6.62. The van der Waals surface area contributed by atoms with Gasteiger partial charge in [-0.15, -0.1) is 0 Å². The number of aromatic nitrogens is 2. The van der Waals surface area contributed by atoms with Gasteiger partial charge in [0.15, 0.2) is 0 Å². The van der Waals surface area contributed by atoms with Crippen molar-refractivity contribution in [2.24, 2.45) is 0 Å². The minimum Gasteiger partial charge on any atom is -0.489 e. The molecule has 154 valence electrons. The molecule has 0 amide bonds. The summed E-state index contributed by atoms with van der Waals surface area (Å²) in [4.78, 5) is 4.49. The van der Waals surface area contributed by atoms with Crippen LogP contribution in [-0.4, -0.2) is 29.2 Å². The van der Waals surface area contributed by atoms with Crippen LogP contribution in [0.5, 0.6) is 5.75 Å². The van der Waals surface area contributed by atoms with Gasteiger partial charge in [0.25, 0.3) is 0 Å². The summed E-state index contributed by atoms with van der Waals surface area (Å²) >= 11 is 13.1. The van der Waals surface area contributed by atoms with Gasteiger partial charge in [-0.2, -0.15) is 0 Å². The van der Waals surface area contributed by atoms with E-state index in [1.807, 2.05) is 36.4 Å². The number of pyridine rings is 1. The highest BCUT2D eigenvalue weighted by Gasteiger charge is 2.21. The third kappa shape index (κ3) is 3.53. The van der Waals surface area contributed by atoms with Crippen LogP contribution in [0, 0.1) is 0 Å². The maximum Gasteiger partial charge on any atom is 0.145 e. The first kappa shape index (κ1) is 19.7. The number of rotatable bonds is 4. The molecular weight excluding hydrogens is 417 g/mol. The fraction of sp³-hybridized carbons (Fsp3) is 0.292. The molecule has 2 aromatic heterocycles. The molecule has 1 aliphatic rings. The van der Waals surface area contributed by atoms with Gasteiger partial charge in [0, 0.05) is 22.7 Å². The van der Waals surface area contributed by atoms with E-state index in [0.717, 1.165) is 54.5 Å². The Labute approximate surface area is 185 Å². The number of nitrogens with zero attached hydrogens (tertiary/aromatic N) is 2. The maximum atomic E-state index is 6.69. The minimum atomic E-state index is 0.535. The number of para-hydroxylation sites is 1. The zero-order valence-corrected chi connectivity index (χ0v) is 18.1. The normalized spacial score (nSPS) is 14.5. The summed E-state index contributed by atoms with van der Waals surface area (Å²) in [7, 11) is 0. The van der Waals surface area contributed by atoms with Crippen molar-refractivity contribution in [1.82, 2.24) is 14.9 Å². The predicted molar refractivity (Wildman–Crippen MR) is 124 cm³/mol. The second-order valence-electron chi connectivity index (χ2n) is 7.62. The van der Waals surface area contributed by atoms with Crippen LogP contribution in [0.4, 0.5) is 0 Å². The van der Waals surface area contributed by atoms with Crippen LogP contribution in [0.15, 0.2) is 48.7 Å². The van der Waals surface area contributed by atoms with E-state index in [4.69, 9.17) is 27.9 Å². The van der Waals surface area contributed by atoms with E-state index in [1.165, 1.54) is 16.6 Å². The molecule has 1 N–H and O–H groups in total. The molecule has 2 aromatic carbocycles. The molecule has 6 heteroatoms. The van der Waals surface area contributed by atoms with Crippen molar-refractivity contribution in [3.63, 3.8) is 0 Å². The van der Waals surface area contributed by atoms with Crippen LogP contribution in [0.2, 0.25) is 10.0 Å². The number of nitrogens with one attached hydrogen (secondary N) is 1. The van der Waals surface area contributed by atoms with Gasteiger partial charge in [0.1, 0.15) is 17.9 Å². The molecule has 0 unspecified atom stereocenters. The quantitative estimate of drug-likeness (QED) is 0.446. The molecule has 4 nitrogen and oxygen atoms in total. The molecule has 4 aromatic rings. The van der Waals surface area contributed by atoms with Gasteiger partial charge < -0.3 is 14.6 Å². The lowest BCUT2D eigenvalue weighted by Crippen LogP contribution is -2.23. The largest absolute Gasteiger partial charge is 0.489 e. The van der Waals surface area contributed by atoms with Crippen LogP contribution in [0.25, 0.3) is 21.8 Å². The Morgan fingerprint density at radius 1 is 1.03 bits per heavy atom. The molecule has 0 atom stereocenters. The van der Waals surface area contributed by atoms with Crippen LogP contribution < -0.4 is 10.1 Å². The van der Waals surface area contributed by atoms with Crippen molar-refractivity contribution in [2.45, 2.75) is 25.8 Å². The Morgan fingerprint density at radius 2 is 1.93 bits per heavy atom. The minimum absolute atomic E-state index is 0.535. The Hall–Kier alpha value is -2.27. The van der Waals surface area contributed by atoms with E-state index in [2.05, 4.69) is 20.9 Å². The van der Waals surface area contributed by atoms with Gasteiger partial charge in [-0.3, -0.25) is 4.98 Å². The molecule has 0 aliphatic carbocycles. The highest BCUT2D eigenvalue weighted by atomic mass is 35.5. The predicted octanol–water partition coefficient (Wildman–Crippen LogP) is 5.65. The van der Waals surface area contributed by atoms with E-state index >= 15 is 0 Å². The molecule has 30 heavy (non-hydrogen) atoms. The summed E-state index contributed by atoms with van der Waals surface area (Å²) in [5.74, 6) is 0.806. The number of hydrogen-bond donors (Lipinski definition) is 1. The van der Waals surface area contributed by atoms with E-state index < -0.39 is 0 Å². The van der Waals surface area contributed by atoms with Crippen molar-refractivity contribution in [3.8, 4) is 5.75 Å². The fourth-order valence-corrected chi connectivity index (χ4v) is 4.89. The first-order valence-corrected chi connectivity index (χ1v) is 11.1. The average molecular weight is 440 g/mol. The van der Waals surface area contributed by atoms with E-state index in [-0.39, 0.29) is 0 Å². The topological polar surface area (TPSA) is 39.1 Å². The van der Waals surface area contributed by atoms with Gasteiger partial charge in [0.05, 0.1) is 22.1 Å². The van der Waals surface area contributed by atoms with Crippen molar-refractivity contribution in [1.29, 1.82) is 0 Å². The van der Waals surface area contributed by atoms with E-state index in [9.17, 15) is 0 Å². The Balaban J connectivity index is 1.50. The number of fused-ring (bicyclic) bond motifs is 4. The lowest BCUT2D eigenvalue weighted by atomic mass is 10.0. The molecule has 5 rings (SSSR count). The van der Waals surface area contributed by atoms with Crippen LogP contribution >= 0.6 is 23.2 Å². The molecule has 0 spiro atoms. The zero-order chi connectivity index (χ0) is 20.5. The second kappa shape index (κ2) is 8.46. The highest BCUT2D eigenvalue weighted by molar-refractivity contribution is 6.45. The van der Waals surface area contributed by atoms with Crippen LogP contribution in [-0.2, 0) is 19.4 Å². The SMILES string of the molecule is Clc1ccc2c3c(n(CCOc4cccc5cccnc45)c2c1Cl)CCCNCC3. The van der Waals surface area contributed by atoms with Gasteiger partial charge in [0.2, 0.25) is 0 Å². The smallest absolute Gasteiger partial charge is 0.145 e.